The van der Waals surface area contributed by atoms with Gasteiger partial charge in [0.1, 0.15) is 17.2 Å². The van der Waals surface area contributed by atoms with Crippen LogP contribution in [0.2, 0.25) is 0 Å². The van der Waals surface area contributed by atoms with Gasteiger partial charge in [-0.25, -0.2) is 20.0 Å². The smallest absolute Gasteiger partial charge is 0.262 e. The standard InChI is InChI=1S/C57H36N6O/c64-43-31-33-56(34-32-43)46-35-45-47(36-44(46)54-58-50(39-23-11-3-12-24-39)52(62(54)56)41-27-15-5-16-28-41)57(60-48(37-19-7-1-8-20-37)49(61-57)38-21-9-2-10-22-38)63-53(42-29-17-6-18-30-42)51(59-55(45)63)40-25-13-4-14-26-40/h1-36H. The number of carbonyl (C=O) groups is 1. The summed E-state index contributed by atoms with van der Waals surface area (Å²) in [5.74, 6) is 0.201. The first kappa shape index (κ1) is 36.1. The third-order valence-electron chi connectivity index (χ3n) is 12.9. The van der Waals surface area contributed by atoms with E-state index in [0.29, 0.717) is 0 Å². The van der Waals surface area contributed by atoms with E-state index in [1.54, 1.807) is 12.2 Å². The van der Waals surface area contributed by atoms with E-state index in [2.05, 4.69) is 155 Å². The lowest BCUT2D eigenvalue weighted by atomic mass is 9.83. The van der Waals surface area contributed by atoms with Gasteiger partial charge < -0.3 is 4.57 Å². The maximum absolute atomic E-state index is 13.1. The summed E-state index contributed by atoms with van der Waals surface area (Å²) >= 11 is 0. The monoisotopic (exact) mass is 820 g/mol. The van der Waals surface area contributed by atoms with Gasteiger partial charge in [0.25, 0.3) is 5.79 Å². The molecule has 0 bridgehead atoms. The number of hydrogen-bond donors (Lipinski definition) is 0. The molecule has 1 aliphatic carbocycles. The number of aliphatic imine (C=N–C) groups is 2. The molecule has 0 radical (unpaired) electrons. The first-order valence-electron chi connectivity index (χ1n) is 21.5. The van der Waals surface area contributed by atoms with Crippen LogP contribution in [0.15, 0.2) is 228 Å². The Morgan fingerprint density at radius 3 is 1.20 bits per heavy atom. The van der Waals surface area contributed by atoms with Gasteiger partial charge in [-0.05, 0) is 42.0 Å². The molecule has 7 aromatic carbocycles. The van der Waals surface area contributed by atoms with Crippen LogP contribution in [-0.2, 0) is 16.1 Å². The van der Waals surface area contributed by atoms with Crippen molar-refractivity contribution in [2.75, 3.05) is 0 Å². The fourth-order valence-corrected chi connectivity index (χ4v) is 10.1. The van der Waals surface area contributed by atoms with Crippen molar-refractivity contribution in [3.8, 4) is 67.8 Å². The summed E-state index contributed by atoms with van der Waals surface area (Å²) in [4.78, 5) is 36.1. The van der Waals surface area contributed by atoms with E-state index < -0.39 is 11.3 Å². The molecule has 0 fully saturated rings. The van der Waals surface area contributed by atoms with Crippen LogP contribution in [0.5, 0.6) is 0 Å². The fourth-order valence-electron chi connectivity index (χ4n) is 10.1. The molecular weight excluding hydrogens is 785 g/mol. The van der Waals surface area contributed by atoms with Gasteiger partial charge in [0, 0.05) is 50.1 Å². The van der Waals surface area contributed by atoms with Crippen molar-refractivity contribution in [2.45, 2.75) is 11.3 Å². The van der Waals surface area contributed by atoms with E-state index in [0.717, 1.165) is 101 Å². The molecule has 0 atom stereocenters. The Morgan fingerprint density at radius 1 is 0.391 bits per heavy atom. The van der Waals surface area contributed by atoms with Gasteiger partial charge >= 0.3 is 0 Å². The maximum Gasteiger partial charge on any atom is 0.262 e. The largest absolute Gasteiger partial charge is 0.306 e. The summed E-state index contributed by atoms with van der Waals surface area (Å²) in [6.07, 6.45) is 7.45. The topological polar surface area (TPSA) is 77.4 Å². The van der Waals surface area contributed by atoms with Crippen LogP contribution in [-0.4, -0.2) is 36.3 Å². The Hall–Kier alpha value is -8.55. The highest BCUT2D eigenvalue weighted by Crippen LogP contribution is 2.58. The first-order chi connectivity index (χ1) is 31.6. The Labute approximate surface area is 369 Å². The van der Waals surface area contributed by atoms with Crippen molar-refractivity contribution in [2.24, 2.45) is 9.98 Å². The molecule has 300 valence electrons. The predicted octanol–water partition coefficient (Wildman–Crippen LogP) is 11.8. The van der Waals surface area contributed by atoms with Gasteiger partial charge in [-0.15, -0.1) is 0 Å². The minimum absolute atomic E-state index is 0.0579. The third-order valence-corrected chi connectivity index (χ3v) is 12.9. The zero-order valence-electron chi connectivity index (χ0n) is 34.4. The van der Waals surface area contributed by atoms with Crippen LogP contribution < -0.4 is 0 Å². The number of imidazole rings is 2. The van der Waals surface area contributed by atoms with Gasteiger partial charge in [-0.2, -0.15) is 0 Å². The molecule has 13 rings (SSSR count). The van der Waals surface area contributed by atoms with Gasteiger partial charge in [-0.3, -0.25) is 9.36 Å². The second-order valence-electron chi connectivity index (χ2n) is 16.5. The molecule has 2 spiro atoms. The van der Waals surface area contributed by atoms with Crippen LogP contribution in [0.1, 0.15) is 22.3 Å². The molecule has 7 heteroatoms. The summed E-state index contributed by atoms with van der Waals surface area (Å²) in [5.41, 5.74) is 14.0. The number of ketones is 1. The SMILES string of the molecule is O=C1C=CC2(C=C1)c1cc3c(cc1-c1nc(-c4ccccc4)c(-c4ccccc4)n12)C1(N=C(c2ccccc2)C(c2ccccc2)=N1)n1c-3nc(-c2ccccc2)c1-c1ccccc1. The summed E-state index contributed by atoms with van der Waals surface area (Å²) in [6.45, 7) is 0. The normalized spacial score (nSPS) is 15.5. The van der Waals surface area contributed by atoms with Crippen molar-refractivity contribution >= 4 is 17.2 Å². The van der Waals surface area contributed by atoms with Crippen LogP contribution in [0.25, 0.3) is 67.8 Å². The zero-order valence-corrected chi connectivity index (χ0v) is 34.4. The Balaban J connectivity index is 1.17. The van der Waals surface area contributed by atoms with E-state index in [9.17, 15) is 4.79 Å². The summed E-state index contributed by atoms with van der Waals surface area (Å²) < 4.78 is 4.59. The predicted molar refractivity (Wildman–Crippen MR) is 254 cm³/mol. The molecule has 0 unspecified atom stereocenters. The van der Waals surface area contributed by atoms with Crippen LogP contribution in [0.4, 0.5) is 0 Å². The van der Waals surface area contributed by atoms with E-state index in [-0.39, 0.29) is 5.78 Å². The molecule has 3 aliphatic heterocycles. The molecular formula is C57H36N6O. The third kappa shape index (κ3) is 5.12. The average molecular weight is 821 g/mol. The van der Waals surface area contributed by atoms with Crippen molar-refractivity contribution < 1.29 is 4.79 Å². The zero-order chi connectivity index (χ0) is 42.4. The summed E-state index contributed by atoms with van der Waals surface area (Å²) in [5, 5.41) is 0. The first-order valence-corrected chi connectivity index (χ1v) is 21.5. The number of allylic oxidation sites excluding steroid dienone is 4. The van der Waals surface area contributed by atoms with Crippen molar-refractivity contribution in [3.05, 3.63) is 241 Å². The molecule has 0 saturated carbocycles. The number of nitrogens with zero attached hydrogens (tertiary/aromatic N) is 6. The molecule has 64 heavy (non-hydrogen) atoms. The Kier molecular flexibility index (Phi) is 7.75. The fraction of sp³-hybridized carbons (Fsp3) is 0.0351. The average Bonchev–Trinajstić information content (AvgIpc) is 4.17. The molecule has 7 nitrogen and oxygen atoms in total. The maximum atomic E-state index is 13.1. The molecule has 0 amide bonds. The van der Waals surface area contributed by atoms with Crippen LogP contribution in [0.3, 0.4) is 0 Å². The molecule has 2 aromatic heterocycles. The molecule has 0 N–H and O–H groups in total. The van der Waals surface area contributed by atoms with Crippen molar-refractivity contribution in [1.29, 1.82) is 0 Å². The number of fused-ring (bicyclic) bond motifs is 10. The van der Waals surface area contributed by atoms with Crippen molar-refractivity contribution in [3.63, 3.8) is 0 Å². The molecule has 5 heterocycles. The lowest BCUT2D eigenvalue weighted by Crippen LogP contribution is -2.30. The lowest BCUT2D eigenvalue weighted by Gasteiger charge is -2.30. The van der Waals surface area contributed by atoms with Gasteiger partial charge in [-0.1, -0.05) is 182 Å². The number of rotatable bonds is 6. The van der Waals surface area contributed by atoms with Gasteiger partial charge in [0.15, 0.2) is 5.78 Å². The minimum Gasteiger partial charge on any atom is -0.306 e. The van der Waals surface area contributed by atoms with E-state index >= 15 is 0 Å². The highest BCUT2D eigenvalue weighted by atomic mass is 16.1. The lowest BCUT2D eigenvalue weighted by molar-refractivity contribution is -0.110. The van der Waals surface area contributed by atoms with Crippen LogP contribution >= 0.6 is 0 Å². The van der Waals surface area contributed by atoms with Gasteiger partial charge in [0.2, 0.25) is 0 Å². The number of benzene rings is 7. The number of aromatic nitrogens is 4. The van der Waals surface area contributed by atoms with Crippen molar-refractivity contribution in [1.82, 2.24) is 19.1 Å². The number of hydrogen-bond acceptors (Lipinski definition) is 5. The van der Waals surface area contributed by atoms with Crippen LogP contribution in [0, 0.1) is 0 Å². The molecule has 0 saturated heterocycles. The van der Waals surface area contributed by atoms with E-state index in [4.69, 9.17) is 20.0 Å². The Bertz CT molecular complexity index is 3400. The van der Waals surface area contributed by atoms with Gasteiger partial charge in [0.05, 0.1) is 34.2 Å². The second kappa shape index (κ2) is 13.7. The highest BCUT2D eigenvalue weighted by molar-refractivity contribution is 6.54. The van der Waals surface area contributed by atoms with E-state index in [1.165, 1.54) is 0 Å². The molecule has 9 aromatic rings. The minimum atomic E-state index is -1.30. The second-order valence-corrected chi connectivity index (χ2v) is 16.5. The number of carbonyl (C=O) groups excluding carboxylic acids is 1. The quantitative estimate of drug-likeness (QED) is 0.168. The Morgan fingerprint density at radius 2 is 0.750 bits per heavy atom. The summed E-state index contributed by atoms with van der Waals surface area (Å²) in [6, 6.07) is 66.8. The highest BCUT2D eigenvalue weighted by Gasteiger charge is 2.54. The molecule has 4 aliphatic rings. The van der Waals surface area contributed by atoms with E-state index in [1.807, 2.05) is 60.7 Å². The summed E-state index contributed by atoms with van der Waals surface area (Å²) in [7, 11) is 0.